The summed E-state index contributed by atoms with van der Waals surface area (Å²) in [5.41, 5.74) is 2.95. The third-order valence-electron chi connectivity index (χ3n) is 4.55. The minimum Gasteiger partial charge on any atom is -0.303 e. The van der Waals surface area contributed by atoms with Gasteiger partial charge in [0.15, 0.2) is 0 Å². The van der Waals surface area contributed by atoms with Crippen LogP contribution in [0.5, 0.6) is 0 Å². The molecule has 0 radical (unpaired) electrons. The van der Waals surface area contributed by atoms with E-state index in [1.165, 1.54) is 18.1 Å². The molecule has 2 atom stereocenters. The van der Waals surface area contributed by atoms with Crippen molar-refractivity contribution in [1.29, 1.82) is 0 Å². The molecular formula is C17H17ClFN3. The fourth-order valence-corrected chi connectivity index (χ4v) is 3.38. The van der Waals surface area contributed by atoms with Gasteiger partial charge in [0.25, 0.3) is 0 Å². The molecule has 22 heavy (non-hydrogen) atoms. The van der Waals surface area contributed by atoms with E-state index in [1.807, 2.05) is 12.3 Å². The summed E-state index contributed by atoms with van der Waals surface area (Å²) in [6.07, 6.45) is 3.16. The van der Waals surface area contributed by atoms with E-state index in [9.17, 15) is 4.39 Å². The van der Waals surface area contributed by atoms with E-state index in [-0.39, 0.29) is 5.02 Å². The highest BCUT2D eigenvalue weighted by Gasteiger charge is 2.43. The fourth-order valence-electron chi connectivity index (χ4n) is 3.20. The van der Waals surface area contributed by atoms with Crippen LogP contribution in [0.3, 0.4) is 0 Å². The monoisotopic (exact) mass is 317 g/mol. The lowest BCUT2D eigenvalue weighted by molar-refractivity contribution is 0.319. The van der Waals surface area contributed by atoms with E-state index >= 15 is 0 Å². The quantitative estimate of drug-likeness (QED) is 0.942. The van der Waals surface area contributed by atoms with E-state index in [0.717, 1.165) is 31.0 Å². The molecule has 1 saturated heterocycles. The van der Waals surface area contributed by atoms with Crippen LogP contribution in [-0.2, 0) is 0 Å². The van der Waals surface area contributed by atoms with Crippen LogP contribution in [0.15, 0.2) is 36.5 Å². The third kappa shape index (κ3) is 2.62. The summed E-state index contributed by atoms with van der Waals surface area (Å²) >= 11 is 5.83. The highest BCUT2D eigenvalue weighted by Crippen LogP contribution is 2.44. The molecule has 1 aliphatic carbocycles. The van der Waals surface area contributed by atoms with E-state index < -0.39 is 5.82 Å². The van der Waals surface area contributed by atoms with Gasteiger partial charge in [0.1, 0.15) is 5.82 Å². The van der Waals surface area contributed by atoms with Crippen molar-refractivity contribution in [2.75, 3.05) is 19.8 Å². The second kappa shape index (κ2) is 5.61. The lowest BCUT2D eigenvalue weighted by Gasteiger charge is -2.13. The normalized spacial score (nSPS) is 24.6. The molecule has 5 heteroatoms. The number of hydrogen-bond acceptors (Lipinski definition) is 3. The van der Waals surface area contributed by atoms with E-state index in [1.54, 1.807) is 12.1 Å². The number of hydrogen-bond donors (Lipinski definition) is 1. The van der Waals surface area contributed by atoms with Crippen molar-refractivity contribution >= 4 is 11.6 Å². The van der Waals surface area contributed by atoms with Crippen LogP contribution in [0.2, 0.25) is 5.02 Å². The number of pyridine rings is 1. The number of rotatable bonds is 3. The average Bonchev–Trinajstić information content (AvgIpc) is 3.15. The first-order chi connectivity index (χ1) is 10.7. The molecule has 1 saturated carbocycles. The molecule has 0 spiro atoms. The van der Waals surface area contributed by atoms with Crippen LogP contribution in [0.1, 0.15) is 17.9 Å². The van der Waals surface area contributed by atoms with E-state index in [2.05, 4.69) is 21.3 Å². The smallest absolute Gasteiger partial charge is 0.141 e. The summed E-state index contributed by atoms with van der Waals surface area (Å²) < 4.78 is 13.2. The second-order valence-corrected chi connectivity index (χ2v) is 6.39. The van der Waals surface area contributed by atoms with Crippen molar-refractivity contribution in [3.8, 4) is 11.3 Å². The first-order valence-electron chi connectivity index (χ1n) is 7.58. The maximum atomic E-state index is 13.2. The Morgan fingerprint density at radius 2 is 2.18 bits per heavy atom. The van der Waals surface area contributed by atoms with Crippen molar-refractivity contribution in [3.63, 3.8) is 0 Å². The van der Waals surface area contributed by atoms with Gasteiger partial charge < -0.3 is 5.32 Å². The highest BCUT2D eigenvalue weighted by atomic mass is 35.5. The zero-order valence-corrected chi connectivity index (χ0v) is 12.9. The molecule has 0 amide bonds. The van der Waals surface area contributed by atoms with Gasteiger partial charge in [-0.25, -0.2) is 4.39 Å². The first-order valence-corrected chi connectivity index (χ1v) is 7.96. The molecular weight excluding hydrogens is 301 g/mol. The maximum absolute atomic E-state index is 13.2. The van der Waals surface area contributed by atoms with Gasteiger partial charge in [-0.15, -0.1) is 0 Å². The van der Waals surface area contributed by atoms with Crippen molar-refractivity contribution in [3.05, 3.63) is 52.9 Å². The zero-order chi connectivity index (χ0) is 15.1. The van der Waals surface area contributed by atoms with Gasteiger partial charge in [0, 0.05) is 43.5 Å². The van der Waals surface area contributed by atoms with Crippen molar-refractivity contribution < 1.29 is 4.39 Å². The molecule has 1 aromatic carbocycles. The molecule has 2 aliphatic rings. The summed E-state index contributed by atoms with van der Waals surface area (Å²) in [6.45, 7) is 3.23. The Balaban J connectivity index is 1.50. The van der Waals surface area contributed by atoms with Gasteiger partial charge in [-0.05, 0) is 36.2 Å². The summed E-state index contributed by atoms with van der Waals surface area (Å²) in [7, 11) is 0. The van der Waals surface area contributed by atoms with Gasteiger partial charge in [0.2, 0.25) is 0 Å². The lowest BCUT2D eigenvalue weighted by Crippen LogP contribution is -2.25. The van der Waals surface area contributed by atoms with Gasteiger partial charge >= 0.3 is 0 Å². The van der Waals surface area contributed by atoms with Gasteiger partial charge in [-0.1, -0.05) is 17.7 Å². The largest absolute Gasteiger partial charge is 0.303 e. The van der Waals surface area contributed by atoms with Crippen LogP contribution in [0.25, 0.3) is 11.3 Å². The van der Waals surface area contributed by atoms with Gasteiger partial charge in [-0.3, -0.25) is 9.88 Å². The van der Waals surface area contributed by atoms with Crippen molar-refractivity contribution in [2.45, 2.75) is 18.4 Å². The summed E-state index contributed by atoms with van der Waals surface area (Å²) in [5.74, 6) is 0.195. The number of benzene rings is 1. The predicted octanol–water partition coefficient (Wildman–Crippen LogP) is 3.26. The number of nitrogens with zero attached hydrogens (tertiary/aromatic N) is 2. The minimum absolute atomic E-state index is 0.132. The van der Waals surface area contributed by atoms with Gasteiger partial charge in [-0.2, -0.15) is 0 Å². The molecule has 3 nitrogen and oxygen atoms in total. The molecule has 0 unspecified atom stereocenters. The summed E-state index contributed by atoms with van der Waals surface area (Å²) in [4.78, 5) is 7.03. The molecule has 2 fully saturated rings. The SMILES string of the molecule is Fc1ccc(-c2ccc([C@H]3C[C@@H]3N3CCNC3)cn2)cc1Cl. The Morgan fingerprint density at radius 3 is 2.86 bits per heavy atom. The van der Waals surface area contributed by atoms with Crippen LogP contribution in [0, 0.1) is 5.82 Å². The Bertz CT molecular complexity index is 683. The Kier molecular flexibility index (Phi) is 3.60. The number of nitrogens with one attached hydrogen (secondary N) is 1. The molecule has 114 valence electrons. The Labute approximate surface area is 134 Å². The molecule has 1 N–H and O–H groups in total. The lowest BCUT2D eigenvalue weighted by atomic mass is 10.1. The first kappa shape index (κ1) is 14.1. The molecule has 4 rings (SSSR count). The molecule has 2 heterocycles. The fraction of sp³-hybridized carbons (Fsp3) is 0.353. The summed E-state index contributed by atoms with van der Waals surface area (Å²) in [5, 5.41) is 3.50. The number of halogens is 2. The third-order valence-corrected chi connectivity index (χ3v) is 4.84. The maximum Gasteiger partial charge on any atom is 0.141 e. The molecule has 2 aromatic rings. The second-order valence-electron chi connectivity index (χ2n) is 5.99. The van der Waals surface area contributed by atoms with Crippen LogP contribution in [-0.4, -0.2) is 35.7 Å². The minimum atomic E-state index is -0.401. The Morgan fingerprint density at radius 1 is 1.27 bits per heavy atom. The topological polar surface area (TPSA) is 28.2 Å². The standard InChI is InChI=1S/C17H17ClFN3/c18-14-7-11(1-3-15(14)19)16-4-2-12(9-21-16)13-8-17(13)22-6-5-20-10-22/h1-4,7,9,13,17,20H,5-6,8,10H2/t13-,17+/m1/s1. The Hall–Kier alpha value is -1.49. The van der Waals surface area contributed by atoms with Crippen molar-refractivity contribution in [1.82, 2.24) is 15.2 Å². The number of aromatic nitrogens is 1. The van der Waals surface area contributed by atoms with Crippen LogP contribution < -0.4 is 5.32 Å². The predicted molar refractivity (Wildman–Crippen MR) is 85.4 cm³/mol. The average molecular weight is 318 g/mol. The van der Waals surface area contributed by atoms with E-state index in [4.69, 9.17) is 11.6 Å². The van der Waals surface area contributed by atoms with Crippen molar-refractivity contribution in [2.24, 2.45) is 0 Å². The molecule has 0 bridgehead atoms. The highest BCUT2D eigenvalue weighted by molar-refractivity contribution is 6.31. The van der Waals surface area contributed by atoms with Gasteiger partial charge in [0.05, 0.1) is 10.7 Å². The van der Waals surface area contributed by atoms with Crippen LogP contribution in [0.4, 0.5) is 4.39 Å². The van der Waals surface area contributed by atoms with E-state index in [0.29, 0.717) is 12.0 Å². The molecule has 1 aromatic heterocycles. The zero-order valence-electron chi connectivity index (χ0n) is 12.1. The van der Waals surface area contributed by atoms with Crippen LogP contribution >= 0.6 is 11.6 Å². The summed E-state index contributed by atoms with van der Waals surface area (Å²) in [6, 6.07) is 9.49. The molecule has 1 aliphatic heterocycles.